The Labute approximate surface area is 519 Å². The fourth-order valence-electron chi connectivity index (χ4n) is 14.2. The van der Waals surface area contributed by atoms with Gasteiger partial charge in [0.1, 0.15) is 33.5 Å². The summed E-state index contributed by atoms with van der Waals surface area (Å²) in [5.41, 5.74) is 18.1. The van der Waals surface area contributed by atoms with Crippen LogP contribution < -0.4 is 0 Å². The molecule has 0 spiro atoms. The average Bonchev–Trinajstić information content (AvgIpc) is 1.59. The second-order valence-corrected chi connectivity index (χ2v) is 23.2. The van der Waals surface area contributed by atoms with Crippen molar-refractivity contribution in [1.82, 2.24) is 24.1 Å². The second kappa shape index (κ2) is 19.7. The first-order valence-electron chi connectivity index (χ1n) is 30.3. The SMILES string of the molecule is [C-]#[N+]c1cc(-c2nc(-c3ccccc3)nc(-c3cccc4oc5ccccc5c34)n2)c(-n2c3ccc(-c4ccccc4)cc3c3c4oc5ccccc5c4ccc32)c(-c2ccccc2)c1-n1c2ccc(-c3ccccc3)cc2c2c3oc4ccccc4c3ccc21. The molecule has 0 atom stereocenters. The van der Waals surface area contributed by atoms with Crippen LogP contribution in [-0.4, -0.2) is 24.1 Å². The molecule has 0 saturated heterocycles. The van der Waals surface area contributed by atoms with E-state index in [-0.39, 0.29) is 0 Å². The lowest BCUT2D eigenvalue weighted by molar-refractivity contribution is 0.669. The number of fused-ring (bicyclic) bond motifs is 17. The maximum absolute atomic E-state index is 9.64. The molecule has 0 amide bonds. The van der Waals surface area contributed by atoms with Crippen molar-refractivity contribution in [3.05, 3.63) is 290 Å². The predicted molar refractivity (Wildman–Crippen MR) is 369 cm³/mol. The lowest BCUT2D eigenvalue weighted by Gasteiger charge is -2.24. The largest absolute Gasteiger partial charge is 0.456 e. The van der Waals surface area contributed by atoms with E-state index in [1.807, 2.05) is 103 Å². The number of benzene rings is 13. The molecular weight excluding hydrogens is 1120 g/mol. The van der Waals surface area contributed by atoms with E-state index in [1.165, 1.54) is 0 Å². The molecule has 6 heterocycles. The number of hydrogen-bond donors (Lipinski definition) is 0. The van der Waals surface area contributed by atoms with Crippen molar-refractivity contribution in [3.8, 4) is 78.9 Å². The molecule has 91 heavy (non-hydrogen) atoms. The third-order valence-corrected chi connectivity index (χ3v) is 18.2. The number of hydrogen-bond acceptors (Lipinski definition) is 6. The Bertz CT molecular complexity index is 6270. The van der Waals surface area contributed by atoms with Gasteiger partial charge in [0.25, 0.3) is 0 Å². The molecule has 6 aromatic heterocycles. The van der Waals surface area contributed by atoms with Crippen LogP contribution in [0.25, 0.3) is 193 Å². The molecule has 9 heteroatoms. The molecule has 0 aliphatic rings. The van der Waals surface area contributed by atoms with Crippen LogP contribution in [-0.2, 0) is 0 Å². The molecule has 19 aromatic rings. The number of nitrogens with zero attached hydrogens (tertiary/aromatic N) is 6. The van der Waals surface area contributed by atoms with E-state index in [4.69, 9.17) is 28.2 Å². The zero-order valence-electron chi connectivity index (χ0n) is 48.5. The van der Waals surface area contributed by atoms with Gasteiger partial charge in [0, 0.05) is 65.3 Å². The highest BCUT2D eigenvalue weighted by molar-refractivity contribution is 6.27. The van der Waals surface area contributed by atoms with Gasteiger partial charge in [-0.25, -0.2) is 19.8 Å². The van der Waals surface area contributed by atoms with Crippen LogP contribution in [0.5, 0.6) is 0 Å². The Morgan fingerprint density at radius 1 is 0.286 bits per heavy atom. The lowest BCUT2D eigenvalue weighted by Crippen LogP contribution is -2.08. The van der Waals surface area contributed by atoms with Gasteiger partial charge >= 0.3 is 0 Å². The van der Waals surface area contributed by atoms with Crippen molar-refractivity contribution < 1.29 is 13.3 Å². The van der Waals surface area contributed by atoms with Crippen LogP contribution in [0.2, 0.25) is 0 Å². The van der Waals surface area contributed by atoms with E-state index in [0.29, 0.717) is 40.0 Å². The quantitative estimate of drug-likeness (QED) is 0.141. The van der Waals surface area contributed by atoms with Crippen molar-refractivity contribution in [1.29, 1.82) is 0 Å². The molecule has 0 N–H and O–H groups in total. The van der Waals surface area contributed by atoms with Gasteiger partial charge in [0.2, 0.25) is 5.69 Å². The maximum Gasteiger partial charge on any atom is 0.212 e. The number of para-hydroxylation sites is 3. The summed E-state index contributed by atoms with van der Waals surface area (Å²) in [7, 11) is 0. The van der Waals surface area contributed by atoms with Crippen molar-refractivity contribution in [2.24, 2.45) is 0 Å². The van der Waals surface area contributed by atoms with Gasteiger partial charge < -0.3 is 22.4 Å². The van der Waals surface area contributed by atoms with Crippen LogP contribution in [0, 0.1) is 6.57 Å². The van der Waals surface area contributed by atoms with E-state index in [2.05, 4.69) is 190 Å². The third kappa shape index (κ3) is 7.60. The van der Waals surface area contributed by atoms with Gasteiger partial charge in [-0.3, -0.25) is 0 Å². The maximum atomic E-state index is 9.64. The van der Waals surface area contributed by atoms with Crippen LogP contribution in [0.15, 0.2) is 292 Å². The third-order valence-electron chi connectivity index (χ3n) is 18.2. The van der Waals surface area contributed by atoms with Crippen molar-refractivity contribution in [2.45, 2.75) is 0 Å². The minimum Gasteiger partial charge on any atom is -0.456 e. The summed E-state index contributed by atoms with van der Waals surface area (Å²) in [4.78, 5) is 21.3. The molecule has 0 saturated carbocycles. The van der Waals surface area contributed by atoms with Crippen LogP contribution >= 0.6 is 0 Å². The predicted octanol–water partition coefficient (Wildman–Crippen LogP) is 22.3. The average molecular weight is 1160 g/mol. The smallest absolute Gasteiger partial charge is 0.212 e. The van der Waals surface area contributed by atoms with E-state index >= 15 is 0 Å². The van der Waals surface area contributed by atoms with Crippen LogP contribution in [0.1, 0.15) is 0 Å². The summed E-state index contributed by atoms with van der Waals surface area (Å²) >= 11 is 0. The summed E-state index contributed by atoms with van der Waals surface area (Å²) in [6.45, 7) is 9.64. The standard InChI is InChI=1S/C82H46N6O3/c1-83-63-47-62(82-85-80(51-27-12-5-13-28-51)84-81(86-82)59-32-20-36-71-73(59)58-31-16-19-35-70(58)89-71)76(87-64-41-37-52(48-21-6-2-7-22-48)45-60(64)74-66(87)43-39-56-54-29-14-17-33-68(54)90-78(56)74)72(50-25-10-4-11-26-50)77(63)88-65-42-38-53(49-23-8-3-9-24-49)46-61(65)75-67(88)44-40-57-55-30-15-18-34-69(55)91-79(57)75/h2-47H. The molecular formula is C82H46N6O3. The molecule has 0 unspecified atom stereocenters. The first-order valence-corrected chi connectivity index (χ1v) is 30.3. The van der Waals surface area contributed by atoms with Crippen molar-refractivity contribution in [3.63, 3.8) is 0 Å². The molecule has 9 nitrogen and oxygen atoms in total. The monoisotopic (exact) mass is 1160 g/mol. The van der Waals surface area contributed by atoms with Crippen LogP contribution in [0.3, 0.4) is 0 Å². The fraction of sp³-hybridized carbons (Fsp3) is 0. The Morgan fingerprint density at radius 2 is 0.725 bits per heavy atom. The van der Waals surface area contributed by atoms with E-state index < -0.39 is 0 Å². The zero-order valence-corrected chi connectivity index (χ0v) is 48.5. The molecule has 0 aliphatic carbocycles. The summed E-state index contributed by atoms with van der Waals surface area (Å²) in [6, 6.07) is 96.4. The van der Waals surface area contributed by atoms with Gasteiger partial charge in [-0.05, 0) is 107 Å². The minimum atomic E-state index is 0.372. The highest BCUT2D eigenvalue weighted by Crippen LogP contribution is 2.53. The van der Waals surface area contributed by atoms with Gasteiger partial charge in [-0.15, -0.1) is 0 Å². The van der Waals surface area contributed by atoms with Crippen molar-refractivity contribution >= 4 is 115 Å². The molecule has 422 valence electrons. The molecule has 0 fully saturated rings. The summed E-state index contributed by atoms with van der Waals surface area (Å²) in [5.74, 6) is 1.29. The highest BCUT2D eigenvalue weighted by Gasteiger charge is 2.32. The summed E-state index contributed by atoms with van der Waals surface area (Å²) < 4.78 is 25.3. The first kappa shape index (κ1) is 50.5. The first-order chi connectivity index (χ1) is 45.1. The van der Waals surface area contributed by atoms with Gasteiger partial charge in [-0.1, -0.05) is 200 Å². The molecule has 0 radical (unpaired) electrons. The Hall–Kier alpha value is -12.6. The lowest BCUT2D eigenvalue weighted by atomic mass is 9.94. The van der Waals surface area contributed by atoms with Crippen LogP contribution in [0.4, 0.5) is 5.69 Å². The minimum absolute atomic E-state index is 0.372. The molecule has 0 aliphatic heterocycles. The van der Waals surface area contributed by atoms with Gasteiger partial charge in [-0.2, -0.15) is 0 Å². The van der Waals surface area contributed by atoms with E-state index in [0.717, 1.165) is 154 Å². The topological polar surface area (TPSA) is 92.3 Å². The van der Waals surface area contributed by atoms with Crippen molar-refractivity contribution in [2.75, 3.05) is 0 Å². The Balaban J connectivity index is 1.02. The van der Waals surface area contributed by atoms with E-state index in [1.54, 1.807) is 0 Å². The summed E-state index contributed by atoms with van der Waals surface area (Å²) in [5, 5.41) is 9.76. The zero-order chi connectivity index (χ0) is 59.8. The number of rotatable bonds is 8. The Morgan fingerprint density at radius 3 is 1.27 bits per heavy atom. The summed E-state index contributed by atoms with van der Waals surface area (Å²) in [6.07, 6.45) is 0. The molecule has 13 aromatic carbocycles. The fourth-order valence-corrected chi connectivity index (χ4v) is 14.2. The van der Waals surface area contributed by atoms with Gasteiger partial charge in [0.15, 0.2) is 17.5 Å². The molecule has 0 bridgehead atoms. The molecule has 19 rings (SSSR count). The second-order valence-electron chi connectivity index (χ2n) is 23.2. The number of aromatic nitrogens is 5. The number of furan rings is 3. The Kier molecular flexibility index (Phi) is 10.9. The normalized spacial score (nSPS) is 11.9. The van der Waals surface area contributed by atoms with E-state index in [9.17, 15) is 6.57 Å². The van der Waals surface area contributed by atoms with Gasteiger partial charge in [0.05, 0.1) is 50.8 Å². The highest BCUT2D eigenvalue weighted by atomic mass is 16.3.